The maximum absolute atomic E-state index is 5.54. The second kappa shape index (κ2) is 3.21. The molecule has 0 aromatic carbocycles. The minimum Gasteiger partial charge on any atom is -0.378 e. The van der Waals surface area contributed by atoms with E-state index in [1.54, 1.807) is 0 Å². The normalized spacial score (nSPS) is 29.0. The molecule has 1 rings (SSSR count). The van der Waals surface area contributed by atoms with Crippen molar-refractivity contribution >= 4 is 0 Å². The highest BCUT2D eigenvalue weighted by Crippen LogP contribution is 2.18. The van der Waals surface area contributed by atoms with E-state index < -0.39 is 0 Å². The van der Waals surface area contributed by atoms with E-state index in [9.17, 15) is 0 Å². The largest absolute Gasteiger partial charge is 0.378 e. The molecule has 0 saturated carbocycles. The van der Waals surface area contributed by atoms with Crippen molar-refractivity contribution in [3.63, 3.8) is 0 Å². The van der Waals surface area contributed by atoms with Crippen LogP contribution in [0.25, 0.3) is 0 Å². The van der Waals surface area contributed by atoms with Gasteiger partial charge in [0.25, 0.3) is 0 Å². The molecule has 9 heavy (non-hydrogen) atoms. The fraction of sp³-hybridized carbons (Fsp3) is 1.00. The van der Waals surface area contributed by atoms with Gasteiger partial charge in [-0.3, -0.25) is 0 Å². The molecule has 0 N–H and O–H groups in total. The van der Waals surface area contributed by atoms with Crippen LogP contribution in [0.3, 0.4) is 0 Å². The summed E-state index contributed by atoms with van der Waals surface area (Å²) < 4.78 is 5.54. The molecule has 0 amide bonds. The Balaban J connectivity index is 2.23. The van der Waals surface area contributed by atoms with Crippen LogP contribution in [-0.4, -0.2) is 12.7 Å². The zero-order chi connectivity index (χ0) is 6.69. The molecule has 0 unspecified atom stereocenters. The molecule has 1 fully saturated rings. The molecule has 1 atom stereocenters. The second-order valence-corrected chi connectivity index (χ2v) is 3.15. The SMILES string of the molecule is CC(C)[C@H]1CCCCO1. The molecular formula is C8H16O. The van der Waals surface area contributed by atoms with Gasteiger partial charge >= 0.3 is 0 Å². The lowest BCUT2D eigenvalue weighted by Crippen LogP contribution is -2.24. The van der Waals surface area contributed by atoms with Crippen LogP contribution in [0.4, 0.5) is 0 Å². The monoisotopic (exact) mass is 128 g/mol. The maximum Gasteiger partial charge on any atom is 0.0598 e. The van der Waals surface area contributed by atoms with Gasteiger partial charge in [-0.25, -0.2) is 0 Å². The van der Waals surface area contributed by atoms with Gasteiger partial charge in [0.05, 0.1) is 6.10 Å². The van der Waals surface area contributed by atoms with Crippen LogP contribution in [0.15, 0.2) is 0 Å². The first-order valence-electron chi connectivity index (χ1n) is 3.92. The predicted molar refractivity (Wildman–Crippen MR) is 38.4 cm³/mol. The van der Waals surface area contributed by atoms with Crippen LogP contribution in [0.1, 0.15) is 33.1 Å². The molecule has 0 aromatic heterocycles. The highest BCUT2D eigenvalue weighted by atomic mass is 16.5. The molecule has 1 aliphatic rings. The first-order valence-corrected chi connectivity index (χ1v) is 3.92. The van der Waals surface area contributed by atoms with E-state index in [-0.39, 0.29) is 0 Å². The summed E-state index contributed by atoms with van der Waals surface area (Å²) in [5, 5.41) is 0. The van der Waals surface area contributed by atoms with Crippen LogP contribution in [0.5, 0.6) is 0 Å². The van der Waals surface area contributed by atoms with Crippen LogP contribution >= 0.6 is 0 Å². The molecular weight excluding hydrogens is 112 g/mol. The summed E-state index contributed by atoms with van der Waals surface area (Å²) in [4.78, 5) is 0. The zero-order valence-electron chi connectivity index (χ0n) is 6.39. The summed E-state index contributed by atoms with van der Waals surface area (Å²) in [6.07, 6.45) is 4.46. The van der Waals surface area contributed by atoms with Gasteiger partial charge in [-0.05, 0) is 25.2 Å². The second-order valence-electron chi connectivity index (χ2n) is 3.15. The van der Waals surface area contributed by atoms with E-state index in [1.165, 1.54) is 19.3 Å². The highest BCUT2D eigenvalue weighted by Gasteiger charge is 2.16. The third-order valence-corrected chi connectivity index (χ3v) is 1.96. The first kappa shape index (κ1) is 7.07. The molecule has 0 bridgehead atoms. The van der Waals surface area contributed by atoms with E-state index in [1.807, 2.05) is 0 Å². The van der Waals surface area contributed by atoms with E-state index in [4.69, 9.17) is 4.74 Å². The lowest BCUT2D eigenvalue weighted by molar-refractivity contribution is -0.0115. The Morgan fingerprint density at radius 2 is 2.11 bits per heavy atom. The molecule has 0 aromatic rings. The fourth-order valence-corrected chi connectivity index (χ4v) is 1.29. The Hall–Kier alpha value is -0.0400. The van der Waals surface area contributed by atoms with Gasteiger partial charge in [0, 0.05) is 6.61 Å². The number of hydrogen-bond donors (Lipinski definition) is 0. The number of ether oxygens (including phenoxy) is 1. The van der Waals surface area contributed by atoms with Crippen molar-refractivity contribution in [2.45, 2.75) is 39.2 Å². The molecule has 1 nitrogen and oxygen atoms in total. The lowest BCUT2D eigenvalue weighted by Gasteiger charge is -2.25. The molecule has 1 heteroatoms. The minimum absolute atomic E-state index is 0.554. The van der Waals surface area contributed by atoms with E-state index >= 15 is 0 Å². The van der Waals surface area contributed by atoms with Crippen molar-refractivity contribution in [2.24, 2.45) is 5.92 Å². The highest BCUT2D eigenvalue weighted by molar-refractivity contribution is 4.65. The Morgan fingerprint density at radius 3 is 2.44 bits per heavy atom. The van der Waals surface area contributed by atoms with Crippen molar-refractivity contribution in [3.8, 4) is 0 Å². The third-order valence-electron chi connectivity index (χ3n) is 1.96. The summed E-state index contributed by atoms with van der Waals surface area (Å²) in [5.41, 5.74) is 0. The number of hydrogen-bond acceptors (Lipinski definition) is 1. The average molecular weight is 128 g/mol. The summed E-state index contributed by atoms with van der Waals surface area (Å²) in [6, 6.07) is 0. The minimum atomic E-state index is 0.554. The lowest BCUT2D eigenvalue weighted by atomic mass is 9.99. The van der Waals surface area contributed by atoms with Gasteiger partial charge in [-0.15, -0.1) is 0 Å². The van der Waals surface area contributed by atoms with Crippen molar-refractivity contribution in [2.75, 3.05) is 6.61 Å². The van der Waals surface area contributed by atoms with E-state index in [0.29, 0.717) is 12.0 Å². The van der Waals surface area contributed by atoms with Crippen molar-refractivity contribution in [1.82, 2.24) is 0 Å². The molecule has 1 saturated heterocycles. The van der Waals surface area contributed by atoms with E-state index in [2.05, 4.69) is 13.8 Å². The Labute approximate surface area is 57.4 Å². The van der Waals surface area contributed by atoms with Gasteiger partial charge in [-0.2, -0.15) is 0 Å². The van der Waals surface area contributed by atoms with Gasteiger partial charge in [0.15, 0.2) is 0 Å². The molecule has 0 radical (unpaired) electrons. The zero-order valence-corrected chi connectivity index (χ0v) is 6.39. The Kier molecular flexibility index (Phi) is 2.52. The standard InChI is InChI=1S/C8H16O/c1-7(2)8-5-3-4-6-9-8/h7-8H,3-6H2,1-2H3/t8-/m1/s1. The first-order chi connectivity index (χ1) is 4.30. The van der Waals surface area contributed by atoms with Crippen LogP contribution in [-0.2, 0) is 4.74 Å². The van der Waals surface area contributed by atoms with Crippen LogP contribution in [0, 0.1) is 5.92 Å². The van der Waals surface area contributed by atoms with Gasteiger partial charge in [0.2, 0.25) is 0 Å². The maximum atomic E-state index is 5.54. The quantitative estimate of drug-likeness (QED) is 0.526. The van der Waals surface area contributed by atoms with Gasteiger partial charge < -0.3 is 4.74 Å². The van der Waals surface area contributed by atoms with Crippen molar-refractivity contribution < 1.29 is 4.74 Å². The van der Waals surface area contributed by atoms with Gasteiger partial charge in [-0.1, -0.05) is 13.8 Å². The smallest absolute Gasteiger partial charge is 0.0598 e. The summed E-state index contributed by atoms with van der Waals surface area (Å²) in [5.74, 6) is 0.713. The van der Waals surface area contributed by atoms with Crippen molar-refractivity contribution in [3.05, 3.63) is 0 Å². The Morgan fingerprint density at radius 1 is 1.33 bits per heavy atom. The fourth-order valence-electron chi connectivity index (χ4n) is 1.29. The summed E-state index contributed by atoms with van der Waals surface area (Å²) in [7, 11) is 0. The van der Waals surface area contributed by atoms with Gasteiger partial charge in [0.1, 0.15) is 0 Å². The number of rotatable bonds is 1. The summed E-state index contributed by atoms with van der Waals surface area (Å²) in [6.45, 7) is 5.45. The Bertz CT molecular complexity index is 72.6. The topological polar surface area (TPSA) is 9.23 Å². The van der Waals surface area contributed by atoms with Crippen LogP contribution in [0.2, 0.25) is 0 Å². The molecule has 1 heterocycles. The molecule has 0 aliphatic carbocycles. The van der Waals surface area contributed by atoms with E-state index in [0.717, 1.165) is 6.61 Å². The summed E-state index contributed by atoms with van der Waals surface area (Å²) >= 11 is 0. The molecule has 1 aliphatic heterocycles. The third kappa shape index (κ3) is 1.98. The molecule has 0 spiro atoms. The molecule has 54 valence electrons. The van der Waals surface area contributed by atoms with Crippen molar-refractivity contribution in [1.29, 1.82) is 0 Å². The van der Waals surface area contributed by atoms with Crippen LogP contribution < -0.4 is 0 Å². The predicted octanol–water partition coefficient (Wildman–Crippen LogP) is 2.21. The average Bonchev–Trinajstić information content (AvgIpc) is 1.90.